The summed E-state index contributed by atoms with van der Waals surface area (Å²) < 4.78 is 0. The van der Waals surface area contributed by atoms with Crippen LogP contribution in [-0.2, 0) is 20.8 Å². The van der Waals surface area contributed by atoms with E-state index in [1.807, 2.05) is 18.2 Å². The number of aliphatic carboxylic acids is 2. The summed E-state index contributed by atoms with van der Waals surface area (Å²) in [6.45, 7) is 1.42. The van der Waals surface area contributed by atoms with Gasteiger partial charge in [-0.05, 0) is 61.3 Å². The molecule has 6 N–H and O–H groups in total. The number of hydrogen-bond donors (Lipinski definition) is 5. The number of nitrogens with zero attached hydrogens (tertiary/aromatic N) is 1. The summed E-state index contributed by atoms with van der Waals surface area (Å²) in [4.78, 5) is 45.2. The van der Waals surface area contributed by atoms with E-state index in [0.29, 0.717) is 24.6 Å². The first-order valence-corrected chi connectivity index (χ1v) is 13.2. The fourth-order valence-electron chi connectivity index (χ4n) is 5.94. The summed E-state index contributed by atoms with van der Waals surface area (Å²) in [5, 5.41) is 28.8. The van der Waals surface area contributed by atoms with E-state index in [1.165, 1.54) is 31.2 Å². The summed E-state index contributed by atoms with van der Waals surface area (Å²) in [6.07, 6.45) is 11.7. The molecular weight excluding hydrogens is 478 g/mol. The topological polar surface area (TPSA) is 170 Å². The van der Waals surface area contributed by atoms with Crippen LogP contribution in [0.2, 0.25) is 0 Å². The number of fused-ring (bicyclic) bond motifs is 1. The number of aliphatic hydroxyl groups is 1. The molecule has 10 nitrogen and oxygen atoms in total. The number of carbonyl (C=O) groups is 4. The van der Waals surface area contributed by atoms with Crippen molar-refractivity contribution >= 4 is 23.8 Å². The maximum atomic E-state index is 13.3. The molecule has 1 aliphatic heterocycles. The van der Waals surface area contributed by atoms with Crippen LogP contribution in [0, 0.1) is 5.92 Å². The van der Waals surface area contributed by atoms with E-state index in [4.69, 9.17) is 25.5 Å². The van der Waals surface area contributed by atoms with E-state index in [2.05, 4.69) is 10.2 Å². The normalized spacial score (nSPS) is 21.2. The highest BCUT2D eigenvalue weighted by molar-refractivity contribution is 6.27. The Labute approximate surface area is 217 Å². The SMILES string of the molecule is NC(=O)c1ccc2c(c1)CCN(C(=O)CNCC1(O)CCCCC1)C2C1CCCCC1.O=C(O)C(=O)O. The van der Waals surface area contributed by atoms with Crippen LogP contribution in [0.15, 0.2) is 18.2 Å². The van der Waals surface area contributed by atoms with Gasteiger partial charge in [-0.1, -0.05) is 44.6 Å². The average Bonchev–Trinajstić information content (AvgIpc) is 2.88. The highest BCUT2D eigenvalue weighted by atomic mass is 16.4. The largest absolute Gasteiger partial charge is 0.473 e. The van der Waals surface area contributed by atoms with Crippen LogP contribution < -0.4 is 11.1 Å². The van der Waals surface area contributed by atoms with Crippen molar-refractivity contribution in [1.82, 2.24) is 10.2 Å². The van der Waals surface area contributed by atoms with Crippen molar-refractivity contribution in [2.24, 2.45) is 11.7 Å². The molecule has 2 aliphatic carbocycles. The monoisotopic (exact) mass is 517 g/mol. The second-order valence-electron chi connectivity index (χ2n) is 10.5. The first-order chi connectivity index (χ1) is 17.6. The van der Waals surface area contributed by atoms with Gasteiger partial charge in [0.05, 0.1) is 18.2 Å². The van der Waals surface area contributed by atoms with Crippen molar-refractivity contribution in [3.63, 3.8) is 0 Å². The number of hydrogen-bond acceptors (Lipinski definition) is 6. The lowest BCUT2D eigenvalue weighted by Gasteiger charge is -2.43. The third-order valence-corrected chi connectivity index (χ3v) is 7.82. The molecule has 2 saturated carbocycles. The van der Waals surface area contributed by atoms with E-state index >= 15 is 0 Å². The van der Waals surface area contributed by atoms with Crippen LogP contribution >= 0.6 is 0 Å². The Morgan fingerprint density at radius 3 is 2.19 bits per heavy atom. The molecule has 4 rings (SSSR count). The summed E-state index contributed by atoms with van der Waals surface area (Å²) >= 11 is 0. The Hall–Kier alpha value is -2.98. The molecule has 1 aromatic carbocycles. The van der Waals surface area contributed by atoms with Gasteiger partial charge in [0.15, 0.2) is 0 Å². The zero-order chi connectivity index (χ0) is 27.0. The van der Waals surface area contributed by atoms with Gasteiger partial charge in [0.2, 0.25) is 11.8 Å². The highest BCUT2D eigenvalue weighted by Gasteiger charge is 2.37. The minimum Gasteiger partial charge on any atom is -0.473 e. The third-order valence-electron chi connectivity index (χ3n) is 7.82. The predicted octanol–water partition coefficient (Wildman–Crippen LogP) is 2.23. The van der Waals surface area contributed by atoms with Gasteiger partial charge in [-0.3, -0.25) is 9.59 Å². The number of nitrogens with one attached hydrogen (secondary N) is 1. The van der Waals surface area contributed by atoms with Crippen molar-refractivity contribution in [2.45, 2.75) is 82.3 Å². The molecule has 204 valence electrons. The van der Waals surface area contributed by atoms with Gasteiger partial charge in [-0.2, -0.15) is 0 Å². The van der Waals surface area contributed by atoms with Crippen LogP contribution in [0.5, 0.6) is 0 Å². The fourth-order valence-corrected chi connectivity index (χ4v) is 5.94. The van der Waals surface area contributed by atoms with Gasteiger partial charge in [0, 0.05) is 18.7 Å². The predicted molar refractivity (Wildman–Crippen MR) is 136 cm³/mol. The first kappa shape index (κ1) is 28.6. The zero-order valence-electron chi connectivity index (χ0n) is 21.3. The summed E-state index contributed by atoms with van der Waals surface area (Å²) in [6, 6.07) is 5.82. The number of rotatable bonds is 6. The number of benzene rings is 1. The van der Waals surface area contributed by atoms with Gasteiger partial charge in [-0.15, -0.1) is 0 Å². The van der Waals surface area contributed by atoms with E-state index in [-0.39, 0.29) is 18.5 Å². The lowest BCUT2D eigenvalue weighted by molar-refractivity contribution is -0.159. The van der Waals surface area contributed by atoms with Crippen LogP contribution in [0.25, 0.3) is 0 Å². The van der Waals surface area contributed by atoms with Crippen molar-refractivity contribution < 1.29 is 34.5 Å². The van der Waals surface area contributed by atoms with Gasteiger partial charge in [0.25, 0.3) is 0 Å². The summed E-state index contributed by atoms with van der Waals surface area (Å²) in [5.41, 5.74) is 7.71. The molecule has 0 radical (unpaired) electrons. The molecular formula is C27H39N3O7. The number of amides is 2. The Balaban J connectivity index is 0.000000568. The summed E-state index contributed by atoms with van der Waals surface area (Å²) in [7, 11) is 0. The fraction of sp³-hybridized carbons (Fsp3) is 0.630. The molecule has 2 amide bonds. The van der Waals surface area contributed by atoms with Crippen molar-refractivity contribution in [1.29, 1.82) is 0 Å². The smallest absolute Gasteiger partial charge is 0.414 e. The lowest BCUT2D eigenvalue weighted by Crippen LogP contribution is -2.49. The Kier molecular flexibility index (Phi) is 10.0. The molecule has 0 aromatic heterocycles. The molecule has 1 aromatic rings. The molecule has 0 bridgehead atoms. The average molecular weight is 518 g/mol. The second kappa shape index (κ2) is 13.0. The van der Waals surface area contributed by atoms with Crippen LogP contribution in [0.3, 0.4) is 0 Å². The Bertz CT molecular complexity index is 972. The maximum absolute atomic E-state index is 13.3. The number of carboxylic acids is 2. The van der Waals surface area contributed by atoms with Gasteiger partial charge in [0.1, 0.15) is 0 Å². The Morgan fingerprint density at radius 2 is 1.59 bits per heavy atom. The molecule has 0 saturated heterocycles. The minimum absolute atomic E-state index is 0.0676. The lowest BCUT2D eigenvalue weighted by atomic mass is 9.77. The van der Waals surface area contributed by atoms with Crippen molar-refractivity contribution in [3.8, 4) is 0 Å². The molecule has 1 unspecified atom stereocenters. The number of carboxylic acid groups (broad SMARTS) is 2. The van der Waals surface area contributed by atoms with Crippen LogP contribution in [0.1, 0.15) is 91.7 Å². The molecule has 1 heterocycles. The van der Waals surface area contributed by atoms with E-state index in [0.717, 1.165) is 50.5 Å². The van der Waals surface area contributed by atoms with Gasteiger partial charge in [-0.25, -0.2) is 9.59 Å². The van der Waals surface area contributed by atoms with Crippen molar-refractivity contribution in [3.05, 3.63) is 34.9 Å². The first-order valence-electron chi connectivity index (χ1n) is 13.2. The van der Waals surface area contributed by atoms with Gasteiger partial charge < -0.3 is 31.3 Å². The summed E-state index contributed by atoms with van der Waals surface area (Å²) in [5.74, 6) is -3.48. The standard InChI is InChI=1S/C25H37N3O3.C2H2O4/c26-24(30)20-9-10-21-19(15-20)11-14-28(23(21)18-7-3-1-4-8-18)22(29)16-27-17-25(31)12-5-2-6-13-25;3-1(4)2(5)6/h9-10,15,18,23,27,31H,1-8,11-14,16-17H2,(H2,26,30);(H,3,4)(H,5,6). The molecule has 3 aliphatic rings. The molecule has 1 atom stereocenters. The van der Waals surface area contributed by atoms with Crippen molar-refractivity contribution in [2.75, 3.05) is 19.6 Å². The van der Waals surface area contributed by atoms with E-state index in [9.17, 15) is 14.7 Å². The van der Waals surface area contributed by atoms with Crippen LogP contribution in [0.4, 0.5) is 0 Å². The Morgan fingerprint density at radius 1 is 0.973 bits per heavy atom. The minimum atomic E-state index is -1.82. The quantitative estimate of drug-likeness (QED) is 0.358. The molecule has 2 fully saturated rings. The zero-order valence-corrected chi connectivity index (χ0v) is 21.3. The number of carbonyl (C=O) groups excluding carboxylic acids is 2. The second-order valence-corrected chi connectivity index (χ2v) is 10.5. The van der Waals surface area contributed by atoms with E-state index < -0.39 is 23.4 Å². The number of primary amides is 1. The molecule has 10 heteroatoms. The molecule has 37 heavy (non-hydrogen) atoms. The third kappa shape index (κ3) is 7.75. The van der Waals surface area contributed by atoms with E-state index in [1.54, 1.807) is 0 Å². The van der Waals surface area contributed by atoms with Gasteiger partial charge >= 0.3 is 11.9 Å². The highest BCUT2D eigenvalue weighted by Crippen LogP contribution is 2.42. The number of nitrogens with two attached hydrogens (primary N) is 1. The van der Waals surface area contributed by atoms with Crippen LogP contribution in [-0.4, -0.2) is 69.2 Å². The molecule has 0 spiro atoms. The maximum Gasteiger partial charge on any atom is 0.414 e.